The van der Waals surface area contributed by atoms with Gasteiger partial charge in [0.25, 0.3) is 0 Å². The lowest BCUT2D eigenvalue weighted by atomic mass is 9.97. The minimum Gasteiger partial charge on any atom is -0.497 e. The maximum Gasteiger partial charge on any atom is 0.415 e. The number of carbonyl (C=O) groups excluding carboxylic acids is 1. The Balaban J connectivity index is 2.38. The average molecular weight is 368 g/mol. The van der Waals surface area contributed by atoms with Gasteiger partial charge in [-0.2, -0.15) is 13.2 Å². The summed E-state index contributed by atoms with van der Waals surface area (Å²) >= 11 is 0. The van der Waals surface area contributed by atoms with Crippen molar-refractivity contribution < 1.29 is 27.6 Å². The maximum absolute atomic E-state index is 13.5. The van der Waals surface area contributed by atoms with Gasteiger partial charge in [-0.25, -0.2) is 0 Å². The van der Waals surface area contributed by atoms with Crippen LogP contribution in [0, 0.1) is 10.1 Å². The van der Waals surface area contributed by atoms with Crippen LogP contribution in [0.15, 0.2) is 54.6 Å². The molecule has 138 valence electrons. The molecule has 2 aromatic carbocycles. The fraction of sp³-hybridized carbons (Fsp3) is 0.235. The highest BCUT2D eigenvalue weighted by molar-refractivity contribution is 6.00. The molecular formula is C17H15F3N2O4. The smallest absolute Gasteiger partial charge is 0.415 e. The molecule has 0 saturated carbocycles. The molecule has 0 saturated heterocycles. The zero-order valence-corrected chi connectivity index (χ0v) is 13.6. The second-order valence-corrected chi connectivity index (χ2v) is 5.35. The Bertz CT molecular complexity index is 764. The number of ketones is 1. The molecule has 0 heterocycles. The molecule has 0 radical (unpaired) electrons. The number of anilines is 1. The predicted octanol–water partition coefficient (Wildman–Crippen LogP) is 3.57. The number of benzene rings is 2. The molecule has 2 aromatic rings. The molecule has 0 fully saturated rings. The molecule has 0 aliphatic rings. The molecule has 6 nitrogen and oxygen atoms in total. The number of alkyl halides is 3. The summed E-state index contributed by atoms with van der Waals surface area (Å²) in [5.41, 5.74) is -0.194. The van der Waals surface area contributed by atoms with Gasteiger partial charge in [0.1, 0.15) is 5.75 Å². The number of nitrogens with one attached hydrogen (secondary N) is 1. The zero-order chi connectivity index (χ0) is 19.3. The third-order valence-electron chi connectivity index (χ3n) is 3.63. The fourth-order valence-electron chi connectivity index (χ4n) is 2.35. The molecule has 0 aliphatic carbocycles. The molecule has 0 aromatic heterocycles. The number of halogens is 3. The lowest BCUT2D eigenvalue weighted by Gasteiger charge is -2.24. The van der Waals surface area contributed by atoms with Crippen molar-refractivity contribution in [2.24, 2.45) is 0 Å². The topological polar surface area (TPSA) is 81.5 Å². The summed E-state index contributed by atoms with van der Waals surface area (Å²) in [5, 5.41) is 13.4. The van der Waals surface area contributed by atoms with E-state index in [1.165, 1.54) is 55.6 Å². The number of hydrogen-bond acceptors (Lipinski definition) is 5. The van der Waals surface area contributed by atoms with Gasteiger partial charge < -0.3 is 10.1 Å². The van der Waals surface area contributed by atoms with Crippen LogP contribution in [0.1, 0.15) is 10.4 Å². The lowest BCUT2D eigenvalue weighted by molar-refractivity contribution is -0.514. The highest BCUT2D eigenvalue weighted by Crippen LogP contribution is 2.29. The molecule has 0 spiro atoms. The van der Waals surface area contributed by atoms with Gasteiger partial charge in [-0.15, -0.1) is 0 Å². The molecule has 0 bridgehead atoms. The van der Waals surface area contributed by atoms with E-state index in [0.717, 1.165) is 0 Å². The molecule has 2 atom stereocenters. The van der Waals surface area contributed by atoms with E-state index in [1.807, 2.05) is 0 Å². The van der Waals surface area contributed by atoms with Crippen LogP contribution in [0.5, 0.6) is 5.75 Å². The number of nitrogens with zero attached hydrogens (tertiary/aromatic N) is 1. The first-order valence-corrected chi connectivity index (χ1v) is 7.44. The Labute approximate surface area is 146 Å². The third-order valence-corrected chi connectivity index (χ3v) is 3.63. The van der Waals surface area contributed by atoms with Crippen molar-refractivity contribution in [3.8, 4) is 5.75 Å². The Morgan fingerprint density at radius 1 is 1.12 bits per heavy atom. The fourth-order valence-corrected chi connectivity index (χ4v) is 2.35. The molecule has 1 N–H and O–H groups in total. The second-order valence-electron chi connectivity index (χ2n) is 5.35. The van der Waals surface area contributed by atoms with Gasteiger partial charge >= 0.3 is 12.2 Å². The minimum atomic E-state index is -5.03. The first kappa shape index (κ1) is 19.2. The summed E-state index contributed by atoms with van der Waals surface area (Å²) in [6.45, 7) is 0. The summed E-state index contributed by atoms with van der Waals surface area (Å²) < 4.78 is 45.4. The van der Waals surface area contributed by atoms with E-state index in [9.17, 15) is 28.1 Å². The summed E-state index contributed by atoms with van der Waals surface area (Å²) in [4.78, 5) is 22.5. The number of Topliss-reactive ketones (excluding diaryl/α,β-unsaturated/α-hetero) is 1. The molecule has 9 heteroatoms. The molecular weight excluding hydrogens is 353 g/mol. The molecule has 26 heavy (non-hydrogen) atoms. The number of methoxy groups -OCH3 is 1. The van der Waals surface area contributed by atoms with Gasteiger partial charge in [-0.05, 0) is 24.3 Å². The summed E-state index contributed by atoms with van der Waals surface area (Å²) in [6.07, 6.45) is -5.03. The van der Waals surface area contributed by atoms with Crippen molar-refractivity contribution in [3.05, 3.63) is 70.3 Å². The van der Waals surface area contributed by atoms with Crippen LogP contribution >= 0.6 is 0 Å². The highest BCUT2D eigenvalue weighted by atomic mass is 19.4. The molecule has 0 amide bonds. The lowest BCUT2D eigenvalue weighted by Crippen LogP contribution is -2.53. The third kappa shape index (κ3) is 4.50. The summed E-state index contributed by atoms with van der Waals surface area (Å²) in [6, 6.07) is 6.99. The number of nitro groups is 1. The van der Waals surface area contributed by atoms with E-state index >= 15 is 0 Å². The van der Waals surface area contributed by atoms with E-state index < -0.39 is 29.0 Å². The van der Waals surface area contributed by atoms with Crippen LogP contribution in [0.4, 0.5) is 18.9 Å². The predicted molar refractivity (Wildman–Crippen MR) is 88.0 cm³/mol. The Morgan fingerprint density at radius 2 is 1.69 bits per heavy atom. The van der Waals surface area contributed by atoms with Gasteiger partial charge in [0.2, 0.25) is 5.78 Å². The van der Waals surface area contributed by atoms with Crippen LogP contribution < -0.4 is 10.1 Å². The monoisotopic (exact) mass is 368 g/mol. The van der Waals surface area contributed by atoms with E-state index in [1.54, 1.807) is 6.07 Å². The van der Waals surface area contributed by atoms with E-state index in [2.05, 4.69) is 5.32 Å². The minimum absolute atomic E-state index is 0.0270. The van der Waals surface area contributed by atoms with Gasteiger partial charge in [0, 0.05) is 16.2 Å². The van der Waals surface area contributed by atoms with Crippen molar-refractivity contribution in [1.82, 2.24) is 0 Å². The van der Waals surface area contributed by atoms with E-state index in [-0.39, 0.29) is 11.3 Å². The van der Waals surface area contributed by atoms with Crippen molar-refractivity contribution in [2.45, 2.75) is 18.3 Å². The number of hydrogen-bond donors (Lipinski definition) is 1. The van der Waals surface area contributed by atoms with Gasteiger partial charge in [-0.3, -0.25) is 14.9 Å². The quantitative estimate of drug-likeness (QED) is 0.459. The maximum atomic E-state index is 13.5. The summed E-state index contributed by atoms with van der Waals surface area (Å²) in [5.74, 6) is -0.816. The van der Waals surface area contributed by atoms with Crippen LogP contribution in [0.25, 0.3) is 0 Å². The second kappa shape index (κ2) is 7.85. The van der Waals surface area contributed by atoms with Gasteiger partial charge in [0.05, 0.1) is 7.11 Å². The standard InChI is InChI=1S/C17H15F3N2O4/c1-26-13-9-7-12(8-10-13)21-16(17(18,19)20)14(22(24)25)15(23)11-5-3-2-4-6-11/h2-10,14,16,21H,1H3/t14-,16-/m0/s1. The first-order chi connectivity index (χ1) is 12.2. The van der Waals surface area contributed by atoms with Crippen LogP contribution in [-0.4, -0.2) is 36.1 Å². The Morgan fingerprint density at radius 3 is 2.15 bits per heavy atom. The van der Waals surface area contributed by atoms with Gasteiger partial charge in [0.15, 0.2) is 6.04 Å². The van der Waals surface area contributed by atoms with Crippen molar-refractivity contribution >= 4 is 11.5 Å². The van der Waals surface area contributed by atoms with Crippen molar-refractivity contribution in [1.29, 1.82) is 0 Å². The van der Waals surface area contributed by atoms with E-state index in [4.69, 9.17) is 4.74 Å². The number of carbonyl (C=O) groups is 1. The largest absolute Gasteiger partial charge is 0.497 e. The molecule has 0 aliphatic heterocycles. The van der Waals surface area contributed by atoms with Crippen molar-refractivity contribution in [2.75, 3.05) is 12.4 Å². The highest BCUT2D eigenvalue weighted by Gasteiger charge is 2.54. The van der Waals surface area contributed by atoms with Crippen LogP contribution in [0.3, 0.4) is 0 Å². The Kier molecular flexibility index (Phi) is 5.81. The van der Waals surface area contributed by atoms with E-state index in [0.29, 0.717) is 5.75 Å². The molecule has 0 unspecified atom stereocenters. The summed E-state index contributed by atoms with van der Waals surface area (Å²) in [7, 11) is 1.39. The molecule has 2 rings (SSSR count). The number of rotatable bonds is 7. The van der Waals surface area contributed by atoms with Crippen molar-refractivity contribution in [3.63, 3.8) is 0 Å². The van der Waals surface area contributed by atoms with Gasteiger partial charge in [-0.1, -0.05) is 30.3 Å². The SMILES string of the molecule is COc1ccc(N[C@@H]([C@H](C(=O)c2ccccc2)[N+](=O)[O-])C(F)(F)F)cc1. The first-order valence-electron chi connectivity index (χ1n) is 7.44. The van der Waals surface area contributed by atoms with Crippen LogP contribution in [-0.2, 0) is 0 Å². The Hall–Kier alpha value is -3.10. The zero-order valence-electron chi connectivity index (χ0n) is 13.6. The average Bonchev–Trinajstić information content (AvgIpc) is 2.61. The normalized spacial score (nSPS) is 13.5. The number of ether oxygens (including phenoxy) is 1. The van der Waals surface area contributed by atoms with Crippen LogP contribution in [0.2, 0.25) is 0 Å².